The number of carbonyl (C=O) groups excluding carboxylic acids is 1. The third-order valence-electron chi connectivity index (χ3n) is 5.23. The Balaban J connectivity index is 1.68. The van der Waals surface area contributed by atoms with E-state index >= 15 is 0 Å². The van der Waals surface area contributed by atoms with E-state index in [0.717, 1.165) is 89.8 Å². The van der Waals surface area contributed by atoms with Crippen LogP contribution in [0.1, 0.15) is 38.5 Å². The SMILES string of the molecule is COCCC1CCN(C(=O)N2CCC(CCOC)CC2)CC1. The Hall–Kier alpha value is -0.810. The summed E-state index contributed by atoms with van der Waals surface area (Å²) in [4.78, 5) is 16.7. The minimum Gasteiger partial charge on any atom is -0.385 e. The topological polar surface area (TPSA) is 42.0 Å². The highest BCUT2D eigenvalue weighted by Crippen LogP contribution is 2.24. The van der Waals surface area contributed by atoms with Gasteiger partial charge in [-0.25, -0.2) is 4.79 Å². The predicted molar refractivity (Wildman–Crippen MR) is 87.0 cm³/mol. The predicted octanol–water partition coefficient (Wildman–Crippen LogP) is 2.60. The van der Waals surface area contributed by atoms with E-state index in [9.17, 15) is 4.79 Å². The van der Waals surface area contributed by atoms with E-state index < -0.39 is 0 Å². The van der Waals surface area contributed by atoms with Crippen molar-refractivity contribution >= 4 is 6.03 Å². The van der Waals surface area contributed by atoms with Crippen LogP contribution in [0, 0.1) is 11.8 Å². The maximum absolute atomic E-state index is 12.6. The van der Waals surface area contributed by atoms with E-state index in [1.165, 1.54) is 0 Å². The molecule has 128 valence electrons. The van der Waals surface area contributed by atoms with Gasteiger partial charge >= 0.3 is 6.03 Å². The normalized spacial score (nSPS) is 21.4. The zero-order valence-electron chi connectivity index (χ0n) is 14.3. The molecule has 0 aromatic carbocycles. The van der Waals surface area contributed by atoms with Crippen LogP contribution in [0.2, 0.25) is 0 Å². The molecule has 22 heavy (non-hydrogen) atoms. The second-order valence-electron chi connectivity index (χ2n) is 6.71. The second-order valence-corrected chi connectivity index (χ2v) is 6.71. The zero-order chi connectivity index (χ0) is 15.8. The molecule has 5 heteroatoms. The molecule has 0 atom stereocenters. The van der Waals surface area contributed by atoms with Gasteiger partial charge in [0.1, 0.15) is 0 Å². The minimum atomic E-state index is 0.260. The summed E-state index contributed by atoms with van der Waals surface area (Å²) in [5.41, 5.74) is 0. The van der Waals surface area contributed by atoms with E-state index in [0.29, 0.717) is 0 Å². The number of nitrogens with zero attached hydrogens (tertiary/aromatic N) is 2. The largest absolute Gasteiger partial charge is 0.385 e. The smallest absolute Gasteiger partial charge is 0.319 e. The van der Waals surface area contributed by atoms with Crippen LogP contribution in [0.3, 0.4) is 0 Å². The molecule has 2 aliphatic rings. The first-order chi connectivity index (χ1) is 10.7. The summed E-state index contributed by atoms with van der Waals surface area (Å²) < 4.78 is 10.3. The van der Waals surface area contributed by atoms with Gasteiger partial charge in [0, 0.05) is 53.6 Å². The molecule has 2 fully saturated rings. The minimum absolute atomic E-state index is 0.260. The molecule has 0 spiro atoms. The maximum Gasteiger partial charge on any atom is 0.319 e. The van der Waals surface area contributed by atoms with Crippen LogP contribution in [0.15, 0.2) is 0 Å². The molecule has 0 unspecified atom stereocenters. The molecule has 2 aliphatic heterocycles. The van der Waals surface area contributed by atoms with Crippen molar-refractivity contribution in [3.8, 4) is 0 Å². The van der Waals surface area contributed by atoms with Crippen LogP contribution in [-0.2, 0) is 9.47 Å². The Morgan fingerprint density at radius 1 is 0.818 bits per heavy atom. The van der Waals surface area contributed by atoms with Gasteiger partial charge in [-0.1, -0.05) is 0 Å². The lowest BCUT2D eigenvalue weighted by atomic mass is 9.93. The van der Waals surface area contributed by atoms with Gasteiger partial charge in [-0.3, -0.25) is 0 Å². The molecule has 0 radical (unpaired) electrons. The van der Waals surface area contributed by atoms with Crippen LogP contribution in [-0.4, -0.2) is 69.4 Å². The Morgan fingerprint density at radius 2 is 1.18 bits per heavy atom. The van der Waals surface area contributed by atoms with E-state index in [4.69, 9.17) is 9.47 Å². The number of methoxy groups -OCH3 is 2. The summed E-state index contributed by atoms with van der Waals surface area (Å²) in [6.45, 7) is 5.34. The van der Waals surface area contributed by atoms with Crippen molar-refractivity contribution in [3.05, 3.63) is 0 Å². The number of rotatable bonds is 6. The molecule has 0 saturated carbocycles. The molecule has 2 amide bonds. The number of piperidine rings is 2. The van der Waals surface area contributed by atoms with Crippen molar-refractivity contribution in [1.29, 1.82) is 0 Å². The number of hydrogen-bond acceptors (Lipinski definition) is 3. The number of urea groups is 1. The van der Waals surface area contributed by atoms with Crippen molar-refractivity contribution in [3.63, 3.8) is 0 Å². The molecule has 2 heterocycles. The monoisotopic (exact) mass is 312 g/mol. The van der Waals surface area contributed by atoms with Crippen LogP contribution in [0.25, 0.3) is 0 Å². The number of carbonyl (C=O) groups is 1. The molecular formula is C17H32N2O3. The molecule has 5 nitrogen and oxygen atoms in total. The zero-order valence-corrected chi connectivity index (χ0v) is 14.3. The molecule has 2 rings (SSSR count). The fourth-order valence-corrected chi connectivity index (χ4v) is 3.59. The summed E-state index contributed by atoms with van der Waals surface area (Å²) in [5, 5.41) is 0. The van der Waals surface area contributed by atoms with Gasteiger partial charge in [0.25, 0.3) is 0 Å². The van der Waals surface area contributed by atoms with E-state index in [-0.39, 0.29) is 6.03 Å². The summed E-state index contributed by atoms with van der Waals surface area (Å²) in [5.74, 6) is 1.45. The molecule has 0 N–H and O–H groups in total. The Bertz CT molecular complexity index is 292. The second kappa shape index (κ2) is 9.36. The molecule has 0 aliphatic carbocycles. The first-order valence-electron chi connectivity index (χ1n) is 8.76. The third-order valence-corrected chi connectivity index (χ3v) is 5.23. The fraction of sp³-hybridized carbons (Fsp3) is 0.941. The molecule has 2 saturated heterocycles. The van der Waals surface area contributed by atoms with E-state index in [2.05, 4.69) is 9.80 Å². The maximum atomic E-state index is 12.6. The van der Waals surface area contributed by atoms with Crippen molar-refractivity contribution in [1.82, 2.24) is 9.80 Å². The lowest BCUT2D eigenvalue weighted by Gasteiger charge is -2.38. The number of ether oxygens (including phenoxy) is 2. The van der Waals surface area contributed by atoms with Gasteiger partial charge in [-0.15, -0.1) is 0 Å². The lowest BCUT2D eigenvalue weighted by molar-refractivity contribution is 0.101. The van der Waals surface area contributed by atoms with Gasteiger partial charge in [0.05, 0.1) is 0 Å². The van der Waals surface area contributed by atoms with Crippen molar-refractivity contribution in [2.75, 3.05) is 53.6 Å². The van der Waals surface area contributed by atoms with Gasteiger partial charge in [0.15, 0.2) is 0 Å². The van der Waals surface area contributed by atoms with Crippen molar-refractivity contribution in [2.24, 2.45) is 11.8 Å². The fourth-order valence-electron chi connectivity index (χ4n) is 3.59. The Kier molecular flexibility index (Phi) is 7.46. The molecule has 0 aromatic heterocycles. The van der Waals surface area contributed by atoms with Gasteiger partial charge < -0.3 is 19.3 Å². The first kappa shape index (κ1) is 17.5. The highest BCUT2D eigenvalue weighted by atomic mass is 16.5. The molecule has 0 bridgehead atoms. The van der Waals surface area contributed by atoms with Crippen LogP contribution < -0.4 is 0 Å². The summed E-state index contributed by atoms with van der Waals surface area (Å²) in [6.07, 6.45) is 6.75. The molecule has 0 aromatic rings. The highest BCUT2D eigenvalue weighted by Gasteiger charge is 2.28. The Morgan fingerprint density at radius 3 is 1.50 bits per heavy atom. The average Bonchev–Trinajstić information content (AvgIpc) is 2.58. The van der Waals surface area contributed by atoms with Crippen LogP contribution in [0.5, 0.6) is 0 Å². The standard InChI is InChI=1S/C17H32N2O3/c1-21-13-7-15-3-9-18(10-4-15)17(20)19-11-5-16(6-12-19)8-14-22-2/h15-16H,3-14H2,1-2H3. The van der Waals surface area contributed by atoms with Crippen molar-refractivity contribution < 1.29 is 14.3 Å². The van der Waals surface area contributed by atoms with Gasteiger partial charge in [-0.2, -0.15) is 0 Å². The lowest BCUT2D eigenvalue weighted by Crippen LogP contribution is -2.49. The van der Waals surface area contributed by atoms with Crippen LogP contribution in [0.4, 0.5) is 4.79 Å². The van der Waals surface area contributed by atoms with Gasteiger partial charge in [0.2, 0.25) is 0 Å². The number of likely N-dealkylation sites (tertiary alicyclic amines) is 2. The van der Waals surface area contributed by atoms with E-state index in [1.807, 2.05) is 0 Å². The average molecular weight is 312 g/mol. The summed E-state index contributed by atoms with van der Waals surface area (Å²) in [7, 11) is 3.52. The van der Waals surface area contributed by atoms with E-state index in [1.54, 1.807) is 14.2 Å². The molecular weight excluding hydrogens is 280 g/mol. The highest BCUT2D eigenvalue weighted by molar-refractivity contribution is 5.74. The summed E-state index contributed by atoms with van der Waals surface area (Å²) >= 11 is 0. The van der Waals surface area contributed by atoms with Crippen LogP contribution >= 0.6 is 0 Å². The number of amides is 2. The Labute approximate surface area is 134 Å². The third kappa shape index (κ3) is 5.13. The van der Waals surface area contributed by atoms with Gasteiger partial charge in [-0.05, 0) is 50.4 Å². The summed E-state index contributed by atoms with van der Waals surface area (Å²) in [6, 6.07) is 0.260. The quantitative estimate of drug-likeness (QED) is 0.757. The van der Waals surface area contributed by atoms with Crippen molar-refractivity contribution in [2.45, 2.75) is 38.5 Å². The number of hydrogen-bond donors (Lipinski definition) is 0. The first-order valence-corrected chi connectivity index (χ1v) is 8.76.